The Kier molecular flexibility index (Phi) is 4.19. The summed E-state index contributed by atoms with van der Waals surface area (Å²) in [5.74, 6) is 0.735. The van der Waals surface area contributed by atoms with Crippen LogP contribution in [0, 0.1) is 3.57 Å². The van der Waals surface area contributed by atoms with Crippen LogP contribution in [0.3, 0.4) is 0 Å². The highest BCUT2D eigenvalue weighted by Crippen LogP contribution is 2.33. The van der Waals surface area contributed by atoms with Crippen molar-refractivity contribution in [2.24, 2.45) is 0 Å². The van der Waals surface area contributed by atoms with Gasteiger partial charge in [-0.15, -0.1) is 0 Å². The second-order valence-electron chi connectivity index (χ2n) is 4.90. The molecule has 1 aliphatic rings. The van der Waals surface area contributed by atoms with E-state index >= 15 is 0 Å². The maximum atomic E-state index is 4.28. The molecule has 1 heterocycles. The average molecular weight is 346 g/mol. The molecule has 1 aromatic heterocycles. The predicted octanol–water partition coefficient (Wildman–Crippen LogP) is 2.37. The molecule has 0 unspecified atom stereocenters. The lowest BCUT2D eigenvalue weighted by atomic mass is 9.96. The van der Waals surface area contributed by atoms with E-state index in [1.54, 1.807) is 0 Å². The Morgan fingerprint density at radius 2 is 1.88 bits per heavy atom. The Morgan fingerprint density at radius 1 is 1.29 bits per heavy atom. The van der Waals surface area contributed by atoms with Crippen LogP contribution in [0.25, 0.3) is 0 Å². The quantitative estimate of drug-likeness (QED) is 0.850. The van der Waals surface area contributed by atoms with Crippen LogP contribution in [0.15, 0.2) is 12.4 Å². The number of nitrogens with zero attached hydrogens (tertiary/aromatic N) is 3. The van der Waals surface area contributed by atoms with E-state index in [0.717, 1.165) is 16.1 Å². The summed E-state index contributed by atoms with van der Waals surface area (Å²) in [5, 5.41) is 3.37. The Hall–Kier alpha value is -0.430. The minimum atomic E-state index is 0.284. The molecule has 4 nitrogen and oxygen atoms in total. The van der Waals surface area contributed by atoms with Crippen LogP contribution >= 0.6 is 22.6 Å². The normalized spacial score (nSPS) is 18.6. The van der Waals surface area contributed by atoms with Gasteiger partial charge in [0.05, 0.1) is 0 Å². The SMILES string of the molecule is CN(C)C1(CNc2ncc(I)cn2)CCCC1. The summed E-state index contributed by atoms with van der Waals surface area (Å²) in [6, 6.07) is 0. The van der Waals surface area contributed by atoms with E-state index in [1.165, 1.54) is 25.7 Å². The van der Waals surface area contributed by atoms with Crippen molar-refractivity contribution in [3.05, 3.63) is 16.0 Å². The molecule has 17 heavy (non-hydrogen) atoms. The van der Waals surface area contributed by atoms with Crippen molar-refractivity contribution in [1.29, 1.82) is 0 Å². The molecule has 2 rings (SSSR count). The molecular weight excluding hydrogens is 327 g/mol. The molecule has 94 valence electrons. The lowest BCUT2D eigenvalue weighted by molar-refractivity contribution is 0.172. The maximum Gasteiger partial charge on any atom is 0.222 e. The van der Waals surface area contributed by atoms with Crippen molar-refractivity contribution in [3.63, 3.8) is 0 Å². The van der Waals surface area contributed by atoms with E-state index in [9.17, 15) is 0 Å². The van der Waals surface area contributed by atoms with E-state index in [4.69, 9.17) is 0 Å². The van der Waals surface area contributed by atoms with Crippen molar-refractivity contribution in [2.75, 3.05) is 26.0 Å². The number of rotatable bonds is 4. The number of halogens is 1. The summed E-state index contributed by atoms with van der Waals surface area (Å²) >= 11 is 2.22. The summed E-state index contributed by atoms with van der Waals surface area (Å²) in [4.78, 5) is 10.9. The van der Waals surface area contributed by atoms with Gasteiger partial charge in [-0.05, 0) is 49.5 Å². The molecule has 1 aliphatic carbocycles. The molecule has 0 spiro atoms. The lowest BCUT2D eigenvalue weighted by Gasteiger charge is -2.36. The van der Waals surface area contributed by atoms with Crippen LogP contribution in [-0.2, 0) is 0 Å². The molecule has 1 N–H and O–H groups in total. The second kappa shape index (κ2) is 5.48. The molecule has 0 aliphatic heterocycles. The molecule has 5 heteroatoms. The zero-order chi connectivity index (χ0) is 12.3. The smallest absolute Gasteiger partial charge is 0.222 e. The van der Waals surface area contributed by atoms with E-state index in [2.05, 4.69) is 56.9 Å². The molecule has 1 saturated carbocycles. The summed E-state index contributed by atoms with van der Waals surface area (Å²) in [6.45, 7) is 0.931. The van der Waals surface area contributed by atoms with E-state index in [-0.39, 0.29) is 5.54 Å². The zero-order valence-corrected chi connectivity index (χ0v) is 12.6. The minimum absolute atomic E-state index is 0.284. The number of nitrogens with one attached hydrogen (secondary N) is 1. The Bertz CT molecular complexity index is 357. The van der Waals surface area contributed by atoms with Crippen LogP contribution < -0.4 is 5.32 Å². The van der Waals surface area contributed by atoms with Crippen LogP contribution in [0.1, 0.15) is 25.7 Å². The number of anilines is 1. The summed E-state index contributed by atoms with van der Waals surface area (Å²) < 4.78 is 1.07. The summed E-state index contributed by atoms with van der Waals surface area (Å²) in [5.41, 5.74) is 0.284. The summed E-state index contributed by atoms with van der Waals surface area (Å²) in [7, 11) is 4.34. The van der Waals surface area contributed by atoms with Gasteiger partial charge >= 0.3 is 0 Å². The molecular formula is C12H19IN4. The summed E-state index contributed by atoms with van der Waals surface area (Å²) in [6.07, 6.45) is 8.86. The number of hydrogen-bond acceptors (Lipinski definition) is 4. The first kappa shape index (κ1) is 13.0. The highest BCUT2D eigenvalue weighted by Gasteiger charge is 2.35. The highest BCUT2D eigenvalue weighted by molar-refractivity contribution is 14.1. The fourth-order valence-electron chi connectivity index (χ4n) is 2.46. The Morgan fingerprint density at radius 3 is 2.41 bits per heavy atom. The molecule has 1 fully saturated rings. The number of aromatic nitrogens is 2. The third kappa shape index (κ3) is 3.07. The van der Waals surface area contributed by atoms with Gasteiger partial charge in [-0.25, -0.2) is 9.97 Å². The van der Waals surface area contributed by atoms with Gasteiger partial charge in [0.25, 0.3) is 0 Å². The van der Waals surface area contributed by atoms with Gasteiger partial charge < -0.3 is 10.2 Å². The third-order valence-corrected chi connectivity index (χ3v) is 4.24. The van der Waals surface area contributed by atoms with Gasteiger partial charge in [-0.2, -0.15) is 0 Å². The van der Waals surface area contributed by atoms with Crippen LogP contribution in [0.4, 0.5) is 5.95 Å². The monoisotopic (exact) mass is 346 g/mol. The zero-order valence-electron chi connectivity index (χ0n) is 10.4. The van der Waals surface area contributed by atoms with Crippen LogP contribution in [0.2, 0.25) is 0 Å². The molecule has 0 atom stereocenters. The number of hydrogen-bond donors (Lipinski definition) is 1. The van der Waals surface area contributed by atoms with E-state index < -0.39 is 0 Å². The molecule has 0 aromatic carbocycles. The van der Waals surface area contributed by atoms with Crippen LogP contribution in [0.5, 0.6) is 0 Å². The van der Waals surface area contributed by atoms with Crippen molar-refractivity contribution < 1.29 is 0 Å². The average Bonchev–Trinajstić information content (AvgIpc) is 2.78. The number of likely N-dealkylation sites (N-methyl/N-ethyl adjacent to an activating group) is 1. The van der Waals surface area contributed by atoms with E-state index in [1.807, 2.05) is 12.4 Å². The van der Waals surface area contributed by atoms with Crippen LogP contribution in [-0.4, -0.2) is 41.0 Å². The lowest BCUT2D eigenvalue weighted by Crippen LogP contribution is -2.47. The third-order valence-electron chi connectivity index (χ3n) is 3.68. The molecule has 0 radical (unpaired) electrons. The first-order valence-electron chi connectivity index (χ1n) is 6.01. The fourth-order valence-corrected chi connectivity index (χ4v) is 2.74. The fraction of sp³-hybridized carbons (Fsp3) is 0.667. The molecule has 0 bridgehead atoms. The van der Waals surface area contributed by atoms with Gasteiger partial charge in [0, 0.05) is 28.0 Å². The second-order valence-corrected chi connectivity index (χ2v) is 6.15. The first-order valence-corrected chi connectivity index (χ1v) is 7.09. The van der Waals surface area contributed by atoms with Gasteiger partial charge in [-0.1, -0.05) is 12.8 Å². The standard InChI is InChI=1S/C12H19IN4/c1-17(2)12(5-3-4-6-12)9-16-11-14-7-10(13)8-15-11/h7-8H,3-6,9H2,1-2H3,(H,14,15,16). The van der Waals surface area contributed by atoms with Crippen molar-refractivity contribution in [3.8, 4) is 0 Å². The van der Waals surface area contributed by atoms with Crippen molar-refractivity contribution in [1.82, 2.24) is 14.9 Å². The Labute approximate surface area is 116 Å². The molecule has 1 aromatic rings. The van der Waals surface area contributed by atoms with Crippen molar-refractivity contribution in [2.45, 2.75) is 31.2 Å². The van der Waals surface area contributed by atoms with Gasteiger partial charge in [0.1, 0.15) is 0 Å². The van der Waals surface area contributed by atoms with Gasteiger partial charge in [-0.3, -0.25) is 0 Å². The highest BCUT2D eigenvalue weighted by atomic mass is 127. The first-order chi connectivity index (χ1) is 8.12. The van der Waals surface area contributed by atoms with E-state index in [0.29, 0.717) is 0 Å². The largest absolute Gasteiger partial charge is 0.352 e. The van der Waals surface area contributed by atoms with Gasteiger partial charge in [0.2, 0.25) is 5.95 Å². The minimum Gasteiger partial charge on any atom is -0.352 e. The topological polar surface area (TPSA) is 41.0 Å². The predicted molar refractivity (Wildman–Crippen MR) is 78.1 cm³/mol. The Balaban J connectivity index is 1.98. The molecule has 0 saturated heterocycles. The van der Waals surface area contributed by atoms with Gasteiger partial charge in [0.15, 0.2) is 0 Å². The van der Waals surface area contributed by atoms with Crippen molar-refractivity contribution >= 4 is 28.5 Å². The maximum absolute atomic E-state index is 4.28. The molecule has 0 amide bonds.